The number of ether oxygens (including phenoxy) is 1. The number of piperidine rings is 1. The zero-order valence-electron chi connectivity index (χ0n) is 12.3. The highest BCUT2D eigenvalue weighted by molar-refractivity contribution is 7.20. The van der Waals surface area contributed by atoms with E-state index in [1.54, 1.807) is 6.07 Å². The topological polar surface area (TPSA) is 77.3 Å². The lowest BCUT2D eigenvalue weighted by Gasteiger charge is -2.23. The molecule has 0 saturated carbocycles. The third kappa shape index (κ3) is 3.72. The van der Waals surface area contributed by atoms with E-state index in [2.05, 4.69) is 10.3 Å². The van der Waals surface area contributed by atoms with Crippen LogP contribution in [0, 0.1) is 10.1 Å². The summed E-state index contributed by atoms with van der Waals surface area (Å²) in [5.41, 5.74) is 0.691. The third-order valence-corrected chi connectivity index (χ3v) is 4.85. The van der Waals surface area contributed by atoms with E-state index in [0.29, 0.717) is 23.4 Å². The van der Waals surface area contributed by atoms with E-state index in [-0.39, 0.29) is 5.69 Å². The Morgan fingerprint density at radius 3 is 3.14 bits per heavy atom. The molecule has 1 fully saturated rings. The molecule has 118 valence electrons. The number of aromatic nitrogens is 1. The summed E-state index contributed by atoms with van der Waals surface area (Å²) in [5.74, 6) is 0. The number of nitro benzene ring substituents is 1. The molecule has 6 nitrogen and oxygen atoms in total. The molecule has 3 rings (SSSR count). The molecule has 1 N–H and O–H groups in total. The Hall–Kier alpha value is -1.73. The van der Waals surface area contributed by atoms with E-state index >= 15 is 0 Å². The van der Waals surface area contributed by atoms with Crippen molar-refractivity contribution in [3.8, 4) is 5.19 Å². The van der Waals surface area contributed by atoms with Crippen molar-refractivity contribution in [1.29, 1.82) is 0 Å². The van der Waals surface area contributed by atoms with Crippen molar-refractivity contribution in [3.63, 3.8) is 0 Å². The molecular formula is C15H19N3O3S. The Bertz CT molecular complexity index is 653. The Balaban J connectivity index is 1.52. The number of thiazole rings is 1. The second-order valence-corrected chi connectivity index (χ2v) is 6.52. The van der Waals surface area contributed by atoms with Gasteiger partial charge >= 0.3 is 0 Å². The molecule has 1 atom stereocenters. The minimum atomic E-state index is -0.406. The van der Waals surface area contributed by atoms with Crippen LogP contribution in [0.3, 0.4) is 0 Å². The zero-order chi connectivity index (χ0) is 15.4. The van der Waals surface area contributed by atoms with Crippen LogP contribution in [0.4, 0.5) is 5.69 Å². The maximum atomic E-state index is 10.8. The molecule has 1 aromatic carbocycles. The van der Waals surface area contributed by atoms with Crippen molar-refractivity contribution in [1.82, 2.24) is 10.3 Å². The molecule has 0 amide bonds. The first-order chi connectivity index (χ1) is 10.7. The minimum Gasteiger partial charge on any atom is -0.470 e. The molecule has 0 radical (unpaired) electrons. The van der Waals surface area contributed by atoms with Crippen molar-refractivity contribution in [2.75, 3.05) is 13.2 Å². The van der Waals surface area contributed by atoms with Gasteiger partial charge in [-0.2, -0.15) is 0 Å². The van der Waals surface area contributed by atoms with Crippen LogP contribution in [0.15, 0.2) is 18.2 Å². The smallest absolute Gasteiger partial charge is 0.274 e. The normalized spacial score (nSPS) is 18.5. The van der Waals surface area contributed by atoms with E-state index in [9.17, 15) is 10.1 Å². The fourth-order valence-electron chi connectivity index (χ4n) is 2.73. The molecular weight excluding hydrogens is 302 g/mol. The first-order valence-electron chi connectivity index (χ1n) is 7.63. The molecule has 2 heterocycles. The number of rotatable bonds is 6. The monoisotopic (exact) mass is 321 g/mol. The Morgan fingerprint density at radius 2 is 2.36 bits per heavy atom. The van der Waals surface area contributed by atoms with Gasteiger partial charge in [-0.05, 0) is 38.3 Å². The van der Waals surface area contributed by atoms with E-state index < -0.39 is 4.92 Å². The van der Waals surface area contributed by atoms with Gasteiger partial charge in [0.05, 0.1) is 21.7 Å². The van der Waals surface area contributed by atoms with Crippen LogP contribution in [0.2, 0.25) is 0 Å². The van der Waals surface area contributed by atoms with Crippen LogP contribution >= 0.6 is 11.3 Å². The predicted octanol–water partition coefficient (Wildman–Crippen LogP) is 3.51. The van der Waals surface area contributed by atoms with Crippen LogP contribution in [0.25, 0.3) is 10.2 Å². The lowest BCUT2D eigenvalue weighted by atomic mass is 10.0. The van der Waals surface area contributed by atoms with Gasteiger partial charge in [0.25, 0.3) is 10.9 Å². The average Bonchev–Trinajstić information content (AvgIpc) is 2.94. The Morgan fingerprint density at radius 1 is 1.45 bits per heavy atom. The maximum Gasteiger partial charge on any atom is 0.274 e. The molecule has 0 unspecified atom stereocenters. The number of hydrogen-bond donors (Lipinski definition) is 1. The molecule has 0 bridgehead atoms. The summed E-state index contributed by atoms with van der Waals surface area (Å²) in [6, 6.07) is 5.34. The number of hydrogen-bond acceptors (Lipinski definition) is 6. The lowest BCUT2D eigenvalue weighted by molar-refractivity contribution is -0.384. The van der Waals surface area contributed by atoms with Crippen molar-refractivity contribution in [3.05, 3.63) is 28.3 Å². The van der Waals surface area contributed by atoms with Crippen molar-refractivity contribution < 1.29 is 9.66 Å². The predicted molar refractivity (Wildman–Crippen MR) is 86.6 cm³/mol. The summed E-state index contributed by atoms with van der Waals surface area (Å²) < 4.78 is 6.60. The van der Waals surface area contributed by atoms with Crippen molar-refractivity contribution >= 4 is 27.2 Å². The van der Waals surface area contributed by atoms with Gasteiger partial charge in [0.1, 0.15) is 0 Å². The number of nitrogens with zero attached hydrogens (tertiary/aromatic N) is 2. The molecule has 1 aliphatic heterocycles. The molecule has 7 heteroatoms. The summed E-state index contributed by atoms with van der Waals surface area (Å²) in [5, 5.41) is 14.9. The number of fused-ring (bicyclic) bond motifs is 1. The number of nitrogens with one attached hydrogen (secondary N) is 1. The molecule has 1 saturated heterocycles. The average molecular weight is 321 g/mol. The van der Waals surface area contributed by atoms with E-state index in [0.717, 1.165) is 24.1 Å². The first kappa shape index (κ1) is 15.2. The molecule has 0 aliphatic carbocycles. The van der Waals surface area contributed by atoms with Crippen LogP contribution < -0.4 is 10.1 Å². The number of benzene rings is 1. The van der Waals surface area contributed by atoms with Crippen molar-refractivity contribution in [2.45, 2.75) is 38.1 Å². The van der Waals surface area contributed by atoms with Crippen LogP contribution in [0.5, 0.6) is 5.19 Å². The fourth-order valence-corrected chi connectivity index (χ4v) is 3.55. The third-order valence-electron chi connectivity index (χ3n) is 3.90. The molecule has 1 aromatic heterocycles. The Labute approximate surface area is 132 Å². The summed E-state index contributed by atoms with van der Waals surface area (Å²) in [4.78, 5) is 14.7. The van der Waals surface area contributed by atoms with Crippen LogP contribution in [0.1, 0.15) is 32.1 Å². The minimum absolute atomic E-state index is 0.0627. The SMILES string of the molecule is O=[N+]([O-])c1ccc2sc(OCCC[C@H]3CCCCN3)nc2c1. The molecule has 2 aromatic rings. The number of nitro groups is 1. The van der Waals surface area contributed by atoms with Gasteiger partial charge in [0, 0.05) is 18.2 Å². The summed E-state index contributed by atoms with van der Waals surface area (Å²) >= 11 is 1.43. The van der Waals surface area contributed by atoms with Gasteiger partial charge in [0.15, 0.2) is 0 Å². The van der Waals surface area contributed by atoms with Gasteiger partial charge in [-0.3, -0.25) is 10.1 Å². The van der Waals surface area contributed by atoms with E-state index in [4.69, 9.17) is 4.74 Å². The zero-order valence-corrected chi connectivity index (χ0v) is 13.1. The summed E-state index contributed by atoms with van der Waals surface area (Å²) in [7, 11) is 0. The quantitative estimate of drug-likeness (QED) is 0.500. The van der Waals surface area contributed by atoms with Crippen LogP contribution in [-0.4, -0.2) is 29.1 Å². The molecule has 22 heavy (non-hydrogen) atoms. The highest BCUT2D eigenvalue weighted by atomic mass is 32.1. The molecule has 0 spiro atoms. The van der Waals surface area contributed by atoms with Gasteiger partial charge in [-0.15, -0.1) is 0 Å². The van der Waals surface area contributed by atoms with Gasteiger partial charge in [-0.25, -0.2) is 4.98 Å². The number of non-ortho nitro benzene ring substituents is 1. The highest BCUT2D eigenvalue weighted by Gasteiger charge is 2.13. The van der Waals surface area contributed by atoms with Gasteiger partial charge < -0.3 is 10.1 Å². The molecule has 1 aliphatic rings. The second kappa shape index (κ2) is 7.02. The van der Waals surface area contributed by atoms with E-state index in [1.165, 1.54) is 42.7 Å². The van der Waals surface area contributed by atoms with Gasteiger partial charge in [-0.1, -0.05) is 17.8 Å². The largest absolute Gasteiger partial charge is 0.470 e. The second-order valence-electron chi connectivity index (χ2n) is 5.53. The highest BCUT2D eigenvalue weighted by Crippen LogP contribution is 2.30. The lowest BCUT2D eigenvalue weighted by Crippen LogP contribution is -2.34. The van der Waals surface area contributed by atoms with Crippen LogP contribution in [-0.2, 0) is 0 Å². The summed E-state index contributed by atoms with van der Waals surface area (Å²) in [6.45, 7) is 1.77. The first-order valence-corrected chi connectivity index (χ1v) is 8.45. The summed E-state index contributed by atoms with van der Waals surface area (Å²) in [6.07, 6.45) is 5.97. The standard InChI is InChI=1S/C15H19N3O3S/c19-18(20)12-6-7-14-13(10-12)17-15(22-14)21-9-3-5-11-4-1-2-8-16-11/h6-7,10-11,16H,1-5,8-9H2/t11-/m1/s1. The van der Waals surface area contributed by atoms with E-state index in [1.807, 2.05) is 0 Å². The maximum absolute atomic E-state index is 10.8. The van der Waals surface area contributed by atoms with Crippen molar-refractivity contribution in [2.24, 2.45) is 0 Å². The fraction of sp³-hybridized carbons (Fsp3) is 0.533. The Kier molecular flexibility index (Phi) is 4.84. The van der Waals surface area contributed by atoms with Gasteiger partial charge in [0.2, 0.25) is 0 Å².